The molecule has 84 valence electrons. The number of methoxy groups -OCH3 is 1. The average molecular weight is 249 g/mol. The standard InChI is InChI=1S/C10H14Cl2N2O/c1-15-10-6-7(11)9(5-8(10)12)14-4-2-3-13/h5-6,14H,2-4,13H2,1H3. The van der Waals surface area contributed by atoms with Crippen molar-refractivity contribution in [3.05, 3.63) is 22.2 Å². The van der Waals surface area contributed by atoms with Crippen molar-refractivity contribution in [1.29, 1.82) is 0 Å². The summed E-state index contributed by atoms with van der Waals surface area (Å²) in [6, 6.07) is 3.44. The van der Waals surface area contributed by atoms with Gasteiger partial charge in [0.2, 0.25) is 0 Å². The molecule has 0 radical (unpaired) electrons. The normalized spacial score (nSPS) is 10.1. The Labute approximate surface area is 99.5 Å². The van der Waals surface area contributed by atoms with Crippen molar-refractivity contribution in [2.45, 2.75) is 6.42 Å². The largest absolute Gasteiger partial charge is 0.495 e. The molecular formula is C10H14Cl2N2O. The van der Waals surface area contributed by atoms with Crippen molar-refractivity contribution >= 4 is 28.9 Å². The number of ether oxygens (including phenoxy) is 1. The predicted octanol–water partition coefficient (Wildman–Crippen LogP) is 2.76. The van der Waals surface area contributed by atoms with Crippen molar-refractivity contribution in [1.82, 2.24) is 0 Å². The molecule has 1 aromatic rings. The van der Waals surface area contributed by atoms with E-state index in [0.29, 0.717) is 22.3 Å². The van der Waals surface area contributed by atoms with E-state index in [1.165, 1.54) is 0 Å². The van der Waals surface area contributed by atoms with Gasteiger partial charge in [-0.1, -0.05) is 23.2 Å². The third-order valence-corrected chi connectivity index (χ3v) is 2.55. The lowest BCUT2D eigenvalue weighted by molar-refractivity contribution is 0.415. The highest BCUT2D eigenvalue weighted by atomic mass is 35.5. The Hall–Kier alpha value is -0.640. The van der Waals surface area contributed by atoms with Gasteiger partial charge in [-0.25, -0.2) is 0 Å². The van der Waals surface area contributed by atoms with Crippen molar-refractivity contribution in [3.8, 4) is 5.75 Å². The average Bonchev–Trinajstić information content (AvgIpc) is 2.23. The molecule has 0 heterocycles. The second kappa shape index (κ2) is 6.05. The Morgan fingerprint density at radius 2 is 2.07 bits per heavy atom. The lowest BCUT2D eigenvalue weighted by Crippen LogP contribution is -2.08. The van der Waals surface area contributed by atoms with Crippen molar-refractivity contribution < 1.29 is 4.74 Å². The van der Waals surface area contributed by atoms with E-state index in [4.69, 9.17) is 33.7 Å². The van der Waals surface area contributed by atoms with Gasteiger partial charge in [-0.2, -0.15) is 0 Å². The van der Waals surface area contributed by atoms with Gasteiger partial charge in [-0.15, -0.1) is 0 Å². The molecule has 0 spiro atoms. The van der Waals surface area contributed by atoms with Crippen LogP contribution >= 0.6 is 23.2 Å². The molecule has 15 heavy (non-hydrogen) atoms. The minimum atomic E-state index is 0.539. The van der Waals surface area contributed by atoms with E-state index in [2.05, 4.69) is 5.32 Å². The van der Waals surface area contributed by atoms with Crippen LogP contribution in [0.4, 0.5) is 5.69 Å². The van der Waals surface area contributed by atoms with E-state index in [-0.39, 0.29) is 0 Å². The SMILES string of the molecule is COc1cc(Cl)c(NCCCN)cc1Cl. The van der Waals surface area contributed by atoms with E-state index in [1.807, 2.05) is 0 Å². The topological polar surface area (TPSA) is 47.3 Å². The van der Waals surface area contributed by atoms with Gasteiger partial charge < -0.3 is 15.8 Å². The minimum Gasteiger partial charge on any atom is -0.495 e. The summed E-state index contributed by atoms with van der Waals surface area (Å²) >= 11 is 12.0. The Kier molecular flexibility index (Phi) is 5.02. The zero-order valence-corrected chi connectivity index (χ0v) is 10.0. The molecule has 0 aliphatic rings. The van der Waals surface area contributed by atoms with E-state index < -0.39 is 0 Å². The molecule has 0 aliphatic carbocycles. The summed E-state index contributed by atoms with van der Waals surface area (Å²) in [4.78, 5) is 0. The van der Waals surface area contributed by atoms with Gasteiger partial charge >= 0.3 is 0 Å². The molecule has 0 fully saturated rings. The van der Waals surface area contributed by atoms with Gasteiger partial charge in [-0.05, 0) is 19.0 Å². The fourth-order valence-corrected chi connectivity index (χ4v) is 1.61. The molecule has 0 aromatic heterocycles. The van der Waals surface area contributed by atoms with Gasteiger partial charge in [-0.3, -0.25) is 0 Å². The van der Waals surface area contributed by atoms with Crippen LogP contribution in [0.25, 0.3) is 0 Å². The summed E-state index contributed by atoms with van der Waals surface area (Å²) < 4.78 is 5.04. The number of halogens is 2. The molecule has 0 atom stereocenters. The van der Waals surface area contributed by atoms with Crippen LogP contribution in [-0.4, -0.2) is 20.2 Å². The minimum absolute atomic E-state index is 0.539. The van der Waals surface area contributed by atoms with Crippen LogP contribution in [0.15, 0.2) is 12.1 Å². The highest BCUT2D eigenvalue weighted by Gasteiger charge is 2.06. The summed E-state index contributed by atoms with van der Waals surface area (Å²) in [6.07, 6.45) is 0.889. The van der Waals surface area contributed by atoms with E-state index in [1.54, 1.807) is 19.2 Å². The highest BCUT2D eigenvalue weighted by molar-refractivity contribution is 6.36. The Balaban J connectivity index is 2.76. The zero-order valence-electron chi connectivity index (χ0n) is 8.52. The molecule has 1 aromatic carbocycles. The fourth-order valence-electron chi connectivity index (χ4n) is 1.15. The summed E-state index contributed by atoms with van der Waals surface area (Å²) in [5.41, 5.74) is 6.19. The van der Waals surface area contributed by atoms with Crippen molar-refractivity contribution in [3.63, 3.8) is 0 Å². The predicted molar refractivity (Wildman–Crippen MR) is 65.2 cm³/mol. The van der Waals surface area contributed by atoms with Crippen LogP contribution in [0.3, 0.4) is 0 Å². The number of hydrogen-bond donors (Lipinski definition) is 2. The second-order valence-corrected chi connectivity index (χ2v) is 3.85. The summed E-state index contributed by atoms with van der Waals surface area (Å²) in [5.74, 6) is 0.575. The summed E-state index contributed by atoms with van der Waals surface area (Å²) in [6.45, 7) is 1.42. The highest BCUT2D eigenvalue weighted by Crippen LogP contribution is 2.33. The maximum absolute atomic E-state index is 6.03. The first-order valence-electron chi connectivity index (χ1n) is 4.66. The third-order valence-electron chi connectivity index (χ3n) is 1.94. The maximum Gasteiger partial charge on any atom is 0.139 e. The molecule has 0 bridgehead atoms. The molecule has 5 heteroatoms. The van der Waals surface area contributed by atoms with Crippen LogP contribution in [0, 0.1) is 0 Å². The van der Waals surface area contributed by atoms with E-state index in [9.17, 15) is 0 Å². The molecule has 3 nitrogen and oxygen atoms in total. The lowest BCUT2D eigenvalue weighted by Gasteiger charge is -2.10. The number of rotatable bonds is 5. The molecule has 1 rings (SSSR count). The Morgan fingerprint density at radius 3 is 2.67 bits per heavy atom. The maximum atomic E-state index is 6.03. The number of hydrogen-bond acceptors (Lipinski definition) is 3. The Bertz CT molecular complexity index is 331. The zero-order chi connectivity index (χ0) is 11.3. The van der Waals surface area contributed by atoms with Gasteiger partial charge in [0, 0.05) is 12.6 Å². The number of benzene rings is 1. The lowest BCUT2D eigenvalue weighted by atomic mass is 10.3. The van der Waals surface area contributed by atoms with Crippen LogP contribution in [0.5, 0.6) is 5.75 Å². The quantitative estimate of drug-likeness (QED) is 0.789. The van der Waals surface area contributed by atoms with Gasteiger partial charge in [0.15, 0.2) is 0 Å². The summed E-state index contributed by atoms with van der Waals surface area (Å²) in [7, 11) is 1.55. The van der Waals surface area contributed by atoms with Gasteiger partial charge in [0.25, 0.3) is 0 Å². The van der Waals surface area contributed by atoms with Crippen LogP contribution in [0.1, 0.15) is 6.42 Å². The smallest absolute Gasteiger partial charge is 0.139 e. The first kappa shape index (κ1) is 12.4. The molecule has 0 aliphatic heterocycles. The summed E-state index contributed by atoms with van der Waals surface area (Å²) in [5, 5.41) is 4.28. The molecular weight excluding hydrogens is 235 g/mol. The second-order valence-electron chi connectivity index (χ2n) is 3.04. The monoisotopic (exact) mass is 248 g/mol. The van der Waals surface area contributed by atoms with E-state index >= 15 is 0 Å². The first-order valence-corrected chi connectivity index (χ1v) is 5.41. The van der Waals surface area contributed by atoms with Crippen LogP contribution in [0.2, 0.25) is 10.0 Å². The van der Waals surface area contributed by atoms with Gasteiger partial charge in [0.05, 0.1) is 22.8 Å². The molecule has 0 saturated heterocycles. The number of nitrogens with one attached hydrogen (secondary N) is 1. The molecule has 0 saturated carbocycles. The third kappa shape index (κ3) is 3.45. The van der Waals surface area contributed by atoms with Crippen LogP contribution in [-0.2, 0) is 0 Å². The molecule has 0 amide bonds. The first-order chi connectivity index (χ1) is 7.19. The van der Waals surface area contributed by atoms with E-state index in [0.717, 1.165) is 18.7 Å². The number of anilines is 1. The van der Waals surface area contributed by atoms with Crippen molar-refractivity contribution in [2.24, 2.45) is 5.73 Å². The fraction of sp³-hybridized carbons (Fsp3) is 0.400. The molecule has 0 unspecified atom stereocenters. The van der Waals surface area contributed by atoms with Gasteiger partial charge in [0.1, 0.15) is 5.75 Å². The Morgan fingerprint density at radius 1 is 1.33 bits per heavy atom. The molecule has 3 N–H and O–H groups in total. The van der Waals surface area contributed by atoms with Crippen LogP contribution < -0.4 is 15.8 Å². The van der Waals surface area contributed by atoms with Crippen molar-refractivity contribution in [2.75, 3.05) is 25.5 Å². The number of nitrogens with two attached hydrogens (primary N) is 1.